The lowest BCUT2D eigenvalue weighted by molar-refractivity contribution is 0.0500. The fraction of sp³-hybridized carbons (Fsp3) is 0.417. The lowest BCUT2D eigenvalue weighted by atomic mass is 10.2. The molecule has 1 amide bonds. The Kier molecular flexibility index (Phi) is 2.75. The standard InChI is InChI=1S/C12H14N2O4S/c13-9-3-4-11-10(5-9)12(15)14(19(11,16)17)7-18-6-8-1-2-8/h3-5,8H,1-2,6-7,13H2. The molecule has 1 saturated carbocycles. The van der Waals surface area contributed by atoms with E-state index in [0.717, 1.165) is 17.1 Å². The van der Waals surface area contributed by atoms with Gasteiger partial charge in [0.1, 0.15) is 11.6 Å². The molecule has 1 aliphatic carbocycles. The summed E-state index contributed by atoms with van der Waals surface area (Å²) < 4.78 is 30.4. The first-order chi connectivity index (χ1) is 9.00. The second-order valence-corrected chi connectivity index (χ2v) is 6.69. The average Bonchev–Trinajstić information content (AvgIpc) is 3.14. The van der Waals surface area contributed by atoms with Crippen LogP contribution in [0.25, 0.3) is 0 Å². The number of sulfonamides is 1. The van der Waals surface area contributed by atoms with Gasteiger partial charge in [-0.2, -0.15) is 0 Å². The molecule has 0 spiro atoms. The van der Waals surface area contributed by atoms with Gasteiger partial charge in [-0.25, -0.2) is 12.7 Å². The van der Waals surface area contributed by atoms with Gasteiger partial charge in [-0.1, -0.05) is 0 Å². The molecule has 1 aliphatic heterocycles. The minimum Gasteiger partial charge on any atom is -0.399 e. The zero-order valence-corrected chi connectivity index (χ0v) is 11.0. The molecule has 0 aromatic heterocycles. The maximum Gasteiger partial charge on any atom is 0.271 e. The van der Waals surface area contributed by atoms with Crippen molar-refractivity contribution in [3.63, 3.8) is 0 Å². The van der Waals surface area contributed by atoms with Gasteiger partial charge >= 0.3 is 0 Å². The van der Waals surface area contributed by atoms with E-state index in [1.165, 1.54) is 18.2 Å². The van der Waals surface area contributed by atoms with Crippen molar-refractivity contribution in [2.75, 3.05) is 19.1 Å². The molecule has 2 N–H and O–H groups in total. The summed E-state index contributed by atoms with van der Waals surface area (Å²) >= 11 is 0. The minimum atomic E-state index is -3.79. The Bertz CT molecular complexity index is 637. The zero-order valence-electron chi connectivity index (χ0n) is 10.2. The highest BCUT2D eigenvalue weighted by Gasteiger charge is 2.41. The summed E-state index contributed by atoms with van der Waals surface area (Å²) in [6, 6.07) is 4.22. The molecule has 19 heavy (non-hydrogen) atoms. The third-order valence-corrected chi connectivity index (χ3v) is 5.05. The van der Waals surface area contributed by atoms with E-state index in [9.17, 15) is 13.2 Å². The van der Waals surface area contributed by atoms with Crippen LogP contribution in [0.15, 0.2) is 23.1 Å². The van der Waals surface area contributed by atoms with Gasteiger partial charge < -0.3 is 10.5 Å². The number of nitrogens with zero attached hydrogens (tertiary/aromatic N) is 1. The number of rotatable bonds is 4. The van der Waals surface area contributed by atoms with Crippen LogP contribution in [0.3, 0.4) is 0 Å². The summed E-state index contributed by atoms with van der Waals surface area (Å²) in [6.45, 7) is 0.268. The summed E-state index contributed by atoms with van der Waals surface area (Å²) in [5.41, 5.74) is 6.06. The Hall–Kier alpha value is -1.60. The molecule has 7 heteroatoms. The van der Waals surface area contributed by atoms with Gasteiger partial charge in [0.05, 0.1) is 12.2 Å². The summed E-state index contributed by atoms with van der Waals surface area (Å²) in [5, 5.41) is 0. The van der Waals surface area contributed by atoms with Crippen LogP contribution in [0.5, 0.6) is 0 Å². The lowest BCUT2D eigenvalue weighted by Crippen LogP contribution is -2.32. The maximum absolute atomic E-state index is 12.2. The molecule has 3 rings (SSSR count). The number of carbonyl (C=O) groups is 1. The van der Waals surface area contributed by atoms with Crippen molar-refractivity contribution in [1.29, 1.82) is 0 Å². The molecular formula is C12H14N2O4S. The first-order valence-electron chi connectivity index (χ1n) is 6.04. The first kappa shape index (κ1) is 12.4. The Labute approximate surface area is 111 Å². The van der Waals surface area contributed by atoms with E-state index in [2.05, 4.69) is 0 Å². The molecule has 2 aliphatic rings. The van der Waals surface area contributed by atoms with Gasteiger partial charge in [0, 0.05) is 5.69 Å². The van der Waals surface area contributed by atoms with Crippen LogP contribution in [0.2, 0.25) is 0 Å². The summed E-state index contributed by atoms with van der Waals surface area (Å²) in [6.07, 6.45) is 2.22. The van der Waals surface area contributed by atoms with Crippen molar-refractivity contribution in [2.24, 2.45) is 5.92 Å². The van der Waals surface area contributed by atoms with Crippen molar-refractivity contribution in [2.45, 2.75) is 17.7 Å². The van der Waals surface area contributed by atoms with Gasteiger partial charge in [-0.15, -0.1) is 0 Å². The van der Waals surface area contributed by atoms with Crippen molar-refractivity contribution in [3.8, 4) is 0 Å². The van der Waals surface area contributed by atoms with Crippen molar-refractivity contribution >= 4 is 21.6 Å². The van der Waals surface area contributed by atoms with Crippen molar-refractivity contribution in [1.82, 2.24) is 4.31 Å². The van der Waals surface area contributed by atoms with Crippen LogP contribution in [0.1, 0.15) is 23.2 Å². The molecule has 1 heterocycles. The predicted octanol–water partition coefficient (Wildman–Crippen LogP) is 0.797. The normalized spacial score (nSPS) is 20.6. The molecule has 0 radical (unpaired) electrons. The number of hydrogen-bond donors (Lipinski definition) is 1. The Balaban J connectivity index is 1.84. The van der Waals surface area contributed by atoms with Crippen LogP contribution in [0, 0.1) is 5.92 Å². The SMILES string of the molecule is Nc1ccc2c(c1)C(=O)N(COCC1CC1)S2(=O)=O. The number of ether oxygens (including phenoxy) is 1. The molecule has 102 valence electrons. The molecule has 6 nitrogen and oxygen atoms in total. The van der Waals surface area contributed by atoms with E-state index in [0.29, 0.717) is 18.2 Å². The van der Waals surface area contributed by atoms with Crippen molar-refractivity contribution in [3.05, 3.63) is 23.8 Å². The lowest BCUT2D eigenvalue weighted by Gasteiger charge is -2.14. The summed E-state index contributed by atoms with van der Waals surface area (Å²) in [7, 11) is -3.79. The Morgan fingerprint density at radius 3 is 2.79 bits per heavy atom. The second-order valence-electron chi connectivity index (χ2n) is 4.86. The number of amides is 1. The molecule has 1 aromatic rings. The summed E-state index contributed by atoms with van der Waals surface area (Å²) in [5.74, 6) is -0.0588. The molecule has 1 aromatic carbocycles. The molecule has 0 unspecified atom stereocenters. The van der Waals surface area contributed by atoms with Gasteiger partial charge in [-0.3, -0.25) is 4.79 Å². The number of fused-ring (bicyclic) bond motifs is 1. The number of benzene rings is 1. The minimum absolute atomic E-state index is 0.00159. The quantitative estimate of drug-likeness (QED) is 0.825. The second kappa shape index (κ2) is 4.21. The monoisotopic (exact) mass is 282 g/mol. The van der Waals surface area contributed by atoms with E-state index in [1.54, 1.807) is 0 Å². The van der Waals surface area contributed by atoms with Crippen LogP contribution >= 0.6 is 0 Å². The van der Waals surface area contributed by atoms with Crippen LogP contribution < -0.4 is 5.73 Å². The average molecular weight is 282 g/mol. The van der Waals surface area contributed by atoms with E-state index >= 15 is 0 Å². The molecule has 0 bridgehead atoms. The zero-order chi connectivity index (χ0) is 13.6. The largest absolute Gasteiger partial charge is 0.399 e. The van der Waals surface area contributed by atoms with Gasteiger partial charge in [0.2, 0.25) is 0 Å². The fourth-order valence-corrected chi connectivity index (χ4v) is 3.45. The van der Waals surface area contributed by atoms with E-state index in [-0.39, 0.29) is 17.2 Å². The smallest absolute Gasteiger partial charge is 0.271 e. The van der Waals surface area contributed by atoms with Crippen molar-refractivity contribution < 1.29 is 17.9 Å². The maximum atomic E-state index is 12.2. The van der Waals surface area contributed by atoms with Gasteiger partial charge in [0.25, 0.3) is 15.9 Å². The molecule has 1 fully saturated rings. The van der Waals surface area contributed by atoms with E-state index < -0.39 is 15.9 Å². The van der Waals surface area contributed by atoms with Gasteiger partial charge in [-0.05, 0) is 37.0 Å². The number of nitrogen functional groups attached to an aromatic ring is 1. The van der Waals surface area contributed by atoms with Crippen LogP contribution in [-0.4, -0.2) is 32.0 Å². The molecule has 0 saturated heterocycles. The van der Waals surface area contributed by atoms with E-state index in [1.807, 2.05) is 0 Å². The highest BCUT2D eigenvalue weighted by Crippen LogP contribution is 2.32. The fourth-order valence-electron chi connectivity index (χ4n) is 2.02. The number of nitrogens with two attached hydrogens (primary N) is 1. The number of carbonyl (C=O) groups excluding carboxylic acids is 1. The third-order valence-electron chi connectivity index (χ3n) is 3.29. The topological polar surface area (TPSA) is 89.7 Å². The number of hydrogen-bond acceptors (Lipinski definition) is 5. The third kappa shape index (κ3) is 2.08. The predicted molar refractivity (Wildman–Crippen MR) is 67.8 cm³/mol. The van der Waals surface area contributed by atoms with Crippen LogP contribution in [0.4, 0.5) is 5.69 Å². The molecule has 0 atom stereocenters. The highest BCUT2D eigenvalue weighted by molar-refractivity contribution is 7.90. The van der Waals surface area contributed by atoms with E-state index in [4.69, 9.17) is 10.5 Å². The highest BCUT2D eigenvalue weighted by atomic mass is 32.2. The van der Waals surface area contributed by atoms with Gasteiger partial charge in [0.15, 0.2) is 0 Å². The molecular weight excluding hydrogens is 268 g/mol. The number of anilines is 1. The summed E-state index contributed by atoms with van der Waals surface area (Å²) in [4.78, 5) is 12.1. The first-order valence-corrected chi connectivity index (χ1v) is 7.48. The van der Waals surface area contributed by atoms with Crippen LogP contribution in [-0.2, 0) is 14.8 Å². The Morgan fingerprint density at radius 2 is 2.11 bits per heavy atom. The Morgan fingerprint density at radius 1 is 1.37 bits per heavy atom.